The standard InChI is InChI=1S/C23H18N2O2/c26-22-20-14-8-7-13-19(20)21(16-24-15-17-9-3-1-4-10-17)23(27)25(22)18-11-5-2-6-12-18/h1-14,16,27H,15H2. The lowest BCUT2D eigenvalue weighted by Crippen LogP contribution is -2.20. The predicted molar refractivity (Wildman–Crippen MR) is 109 cm³/mol. The second-order valence-electron chi connectivity index (χ2n) is 6.21. The molecule has 132 valence electrons. The van der Waals surface area contributed by atoms with Gasteiger partial charge in [0.25, 0.3) is 5.56 Å². The fourth-order valence-corrected chi connectivity index (χ4v) is 3.13. The summed E-state index contributed by atoms with van der Waals surface area (Å²) in [5.41, 5.74) is 1.97. The van der Waals surface area contributed by atoms with Gasteiger partial charge in [-0.05, 0) is 23.8 Å². The number of pyridine rings is 1. The molecule has 1 heterocycles. The van der Waals surface area contributed by atoms with Gasteiger partial charge in [-0.1, -0.05) is 66.7 Å². The third-order valence-electron chi connectivity index (χ3n) is 4.45. The van der Waals surface area contributed by atoms with Gasteiger partial charge in [0.05, 0.1) is 17.8 Å². The van der Waals surface area contributed by atoms with E-state index in [4.69, 9.17) is 0 Å². The smallest absolute Gasteiger partial charge is 0.265 e. The van der Waals surface area contributed by atoms with Crippen molar-refractivity contribution in [2.24, 2.45) is 4.99 Å². The molecule has 4 nitrogen and oxygen atoms in total. The maximum atomic E-state index is 13.0. The van der Waals surface area contributed by atoms with E-state index in [1.165, 1.54) is 4.57 Å². The topological polar surface area (TPSA) is 54.6 Å². The number of para-hydroxylation sites is 1. The second kappa shape index (κ2) is 7.30. The molecule has 1 N–H and O–H groups in total. The van der Waals surface area contributed by atoms with Gasteiger partial charge in [0.15, 0.2) is 0 Å². The summed E-state index contributed by atoms with van der Waals surface area (Å²) in [7, 11) is 0. The summed E-state index contributed by atoms with van der Waals surface area (Å²) in [6.07, 6.45) is 1.64. The number of nitrogens with zero attached hydrogens (tertiary/aromatic N) is 2. The van der Waals surface area contributed by atoms with Gasteiger partial charge in [-0.2, -0.15) is 0 Å². The molecule has 4 rings (SSSR count). The van der Waals surface area contributed by atoms with Gasteiger partial charge in [0.2, 0.25) is 5.88 Å². The molecule has 0 saturated carbocycles. The third-order valence-corrected chi connectivity index (χ3v) is 4.45. The van der Waals surface area contributed by atoms with Crippen molar-refractivity contribution >= 4 is 17.0 Å². The van der Waals surface area contributed by atoms with Crippen LogP contribution >= 0.6 is 0 Å². The molecular weight excluding hydrogens is 336 g/mol. The molecule has 0 atom stereocenters. The fourth-order valence-electron chi connectivity index (χ4n) is 3.13. The molecule has 0 aliphatic heterocycles. The van der Waals surface area contributed by atoms with E-state index in [0.29, 0.717) is 28.6 Å². The number of hydrogen-bond acceptors (Lipinski definition) is 3. The fraction of sp³-hybridized carbons (Fsp3) is 0.0435. The lowest BCUT2D eigenvalue weighted by molar-refractivity contribution is 0.436. The molecule has 0 aliphatic rings. The molecule has 0 amide bonds. The Morgan fingerprint density at radius 2 is 1.41 bits per heavy atom. The zero-order valence-electron chi connectivity index (χ0n) is 14.6. The Labute approximate surface area is 156 Å². The number of rotatable bonds is 4. The number of aromatic hydroxyl groups is 1. The molecule has 0 spiro atoms. The Morgan fingerprint density at radius 3 is 2.11 bits per heavy atom. The highest BCUT2D eigenvalue weighted by molar-refractivity contribution is 6.01. The van der Waals surface area contributed by atoms with Crippen LogP contribution in [-0.2, 0) is 6.54 Å². The zero-order valence-corrected chi connectivity index (χ0v) is 14.6. The van der Waals surface area contributed by atoms with E-state index in [2.05, 4.69) is 4.99 Å². The molecular formula is C23H18N2O2. The summed E-state index contributed by atoms with van der Waals surface area (Å²) < 4.78 is 1.33. The van der Waals surface area contributed by atoms with Gasteiger partial charge in [0.1, 0.15) is 0 Å². The van der Waals surface area contributed by atoms with E-state index in [-0.39, 0.29) is 11.4 Å². The molecule has 0 radical (unpaired) electrons. The highest BCUT2D eigenvalue weighted by Gasteiger charge is 2.15. The van der Waals surface area contributed by atoms with Crippen LogP contribution in [0.5, 0.6) is 5.88 Å². The lowest BCUT2D eigenvalue weighted by atomic mass is 10.1. The van der Waals surface area contributed by atoms with Crippen molar-refractivity contribution in [2.75, 3.05) is 0 Å². The Kier molecular flexibility index (Phi) is 4.54. The highest BCUT2D eigenvalue weighted by Crippen LogP contribution is 2.25. The minimum atomic E-state index is -0.255. The quantitative estimate of drug-likeness (QED) is 0.555. The van der Waals surface area contributed by atoms with Crippen LogP contribution in [0.3, 0.4) is 0 Å². The molecule has 27 heavy (non-hydrogen) atoms. The summed E-state index contributed by atoms with van der Waals surface area (Å²) in [6, 6.07) is 26.3. The first-order valence-corrected chi connectivity index (χ1v) is 8.71. The molecule has 0 bridgehead atoms. The van der Waals surface area contributed by atoms with Crippen LogP contribution < -0.4 is 5.56 Å². The van der Waals surface area contributed by atoms with Crippen LogP contribution in [0.15, 0.2) is 94.7 Å². The average molecular weight is 354 g/mol. The Hall–Kier alpha value is -3.66. The molecule has 0 unspecified atom stereocenters. The molecule has 4 aromatic rings. The second-order valence-corrected chi connectivity index (χ2v) is 6.21. The van der Waals surface area contributed by atoms with Crippen LogP contribution in [-0.4, -0.2) is 15.9 Å². The van der Waals surface area contributed by atoms with Crippen molar-refractivity contribution in [3.05, 3.63) is 106 Å². The van der Waals surface area contributed by atoms with Crippen molar-refractivity contribution in [3.63, 3.8) is 0 Å². The van der Waals surface area contributed by atoms with E-state index in [1.807, 2.05) is 66.7 Å². The van der Waals surface area contributed by atoms with E-state index in [1.54, 1.807) is 24.4 Å². The third kappa shape index (κ3) is 3.25. The summed E-state index contributed by atoms with van der Waals surface area (Å²) in [5.74, 6) is -0.110. The van der Waals surface area contributed by atoms with Gasteiger partial charge in [-0.15, -0.1) is 0 Å². The van der Waals surface area contributed by atoms with E-state index >= 15 is 0 Å². The first-order valence-electron chi connectivity index (χ1n) is 8.71. The Bertz CT molecular complexity index is 1160. The summed E-state index contributed by atoms with van der Waals surface area (Å²) in [5, 5.41) is 12.1. The van der Waals surface area contributed by atoms with Gasteiger partial charge in [-0.25, -0.2) is 4.57 Å². The predicted octanol–water partition coefficient (Wildman–Crippen LogP) is 4.32. The van der Waals surface area contributed by atoms with Gasteiger partial charge in [-0.3, -0.25) is 9.79 Å². The molecule has 0 saturated heterocycles. The molecule has 0 fully saturated rings. The molecule has 0 aliphatic carbocycles. The first kappa shape index (κ1) is 16.8. The lowest BCUT2D eigenvalue weighted by Gasteiger charge is -2.13. The van der Waals surface area contributed by atoms with Crippen LogP contribution in [0.25, 0.3) is 16.5 Å². The van der Waals surface area contributed by atoms with Crippen molar-refractivity contribution in [1.29, 1.82) is 0 Å². The number of aromatic nitrogens is 1. The maximum Gasteiger partial charge on any atom is 0.265 e. The highest BCUT2D eigenvalue weighted by atomic mass is 16.3. The van der Waals surface area contributed by atoms with Crippen molar-refractivity contribution < 1.29 is 5.11 Å². The van der Waals surface area contributed by atoms with Crippen molar-refractivity contribution in [1.82, 2.24) is 4.57 Å². The van der Waals surface area contributed by atoms with Gasteiger partial charge in [0, 0.05) is 17.0 Å². The Morgan fingerprint density at radius 1 is 0.815 bits per heavy atom. The van der Waals surface area contributed by atoms with Crippen LogP contribution in [0.2, 0.25) is 0 Å². The van der Waals surface area contributed by atoms with Crippen LogP contribution in [0, 0.1) is 0 Å². The summed E-state index contributed by atoms with van der Waals surface area (Å²) in [6.45, 7) is 0.499. The number of benzene rings is 3. The van der Waals surface area contributed by atoms with Crippen LogP contribution in [0.1, 0.15) is 11.1 Å². The number of fused-ring (bicyclic) bond motifs is 1. The molecule has 1 aromatic heterocycles. The molecule has 3 aromatic carbocycles. The number of hydrogen-bond donors (Lipinski definition) is 1. The normalized spacial score (nSPS) is 11.3. The van der Waals surface area contributed by atoms with Crippen molar-refractivity contribution in [2.45, 2.75) is 6.54 Å². The maximum absolute atomic E-state index is 13.0. The SMILES string of the molecule is O=c1c2ccccc2c(C=NCc2ccccc2)c(O)n1-c1ccccc1. The number of aliphatic imine (C=N–C) groups is 1. The van der Waals surface area contributed by atoms with Gasteiger partial charge >= 0.3 is 0 Å². The van der Waals surface area contributed by atoms with Gasteiger partial charge < -0.3 is 5.11 Å². The van der Waals surface area contributed by atoms with E-state index in [9.17, 15) is 9.90 Å². The van der Waals surface area contributed by atoms with Crippen molar-refractivity contribution in [3.8, 4) is 11.6 Å². The summed E-state index contributed by atoms with van der Waals surface area (Å²) >= 11 is 0. The molecule has 4 heteroatoms. The van der Waals surface area contributed by atoms with Crippen LogP contribution in [0.4, 0.5) is 0 Å². The minimum absolute atomic E-state index is 0.110. The first-order chi connectivity index (χ1) is 13.3. The Balaban J connectivity index is 1.88. The average Bonchev–Trinajstić information content (AvgIpc) is 2.72. The zero-order chi connectivity index (χ0) is 18.6. The minimum Gasteiger partial charge on any atom is -0.494 e. The largest absolute Gasteiger partial charge is 0.494 e. The van der Waals surface area contributed by atoms with E-state index < -0.39 is 0 Å². The monoisotopic (exact) mass is 354 g/mol. The summed E-state index contributed by atoms with van der Waals surface area (Å²) in [4.78, 5) is 17.4. The van der Waals surface area contributed by atoms with E-state index in [0.717, 1.165) is 5.56 Å².